The van der Waals surface area contributed by atoms with Crippen molar-refractivity contribution in [3.63, 3.8) is 0 Å². The van der Waals surface area contributed by atoms with Crippen LogP contribution in [0.5, 0.6) is 5.75 Å². The lowest BCUT2D eigenvalue weighted by Gasteiger charge is -2.37. The highest BCUT2D eigenvalue weighted by Gasteiger charge is 2.66. The zero-order valence-electron chi connectivity index (χ0n) is 17.1. The molecule has 2 bridgehead atoms. The number of esters is 1. The molecular formula is C24H27NO4. The maximum absolute atomic E-state index is 12.9. The summed E-state index contributed by atoms with van der Waals surface area (Å²) in [6.45, 7) is 6.49. The summed E-state index contributed by atoms with van der Waals surface area (Å²) in [4.78, 5) is 39.5. The molecule has 2 saturated carbocycles. The summed E-state index contributed by atoms with van der Waals surface area (Å²) in [6, 6.07) is 7.48. The van der Waals surface area contributed by atoms with Crippen LogP contribution in [-0.4, -0.2) is 29.2 Å². The highest BCUT2D eigenvalue weighted by Crippen LogP contribution is 2.65. The van der Waals surface area contributed by atoms with Crippen LogP contribution >= 0.6 is 0 Å². The van der Waals surface area contributed by atoms with E-state index in [2.05, 4.69) is 32.9 Å². The molecule has 2 amide bonds. The first-order valence-corrected chi connectivity index (χ1v) is 10.6. The number of carbonyl (C=O) groups excluding carboxylic acids is 3. The van der Waals surface area contributed by atoms with Gasteiger partial charge >= 0.3 is 5.97 Å². The van der Waals surface area contributed by atoms with E-state index >= 15 is 0 Å². The van der Waals surface area contributed by atoms with E-state index < -0.39 is 5.97 Å². The summed E-state index contributed by atoms with van der Waals surface area (Å²) < 4.78 is 5.41. The summed E-state index contributed by atoms with van der Waals surface area (Å²) in [5, 5.41) is 0. The van der Waals surface area contributed by atoms with E-state index in [9.17, 15) is 14.4 Å². The van der Waals surface area contributed by atoms with Gasteiger partial charge < -0.3 is 4.74 Å². The molecule has 5 nitrogen and oxygen atoms in total. The van der Waals surface area contributed by atoms with Gasteiger partial charge in [-0.05, 0) is 53.2 Å². The summed E-state index contributed by atoms with van der Waals surface area (Å²) in [6.07, 6.45) is 5.48. The van der Waals surface area contributed by atoms with Gasteiger partial charge in [0.1, 0.15) is 5.75 Å². The van der Waals surface area contributed by atoms with Crippen LogP contribution in [-0.2, 0) is 19.8 Å². The topological polar surface area (TPSA) is 63.7 Å². The lowest BCUT2D eigenvalue weighted by molar-refractivity contribution is -0.141. The molecule has 1 aromatic carbocycles. The van der Waals surface area contributed by atoms with E-state index in [4.69, 9.17) is 4.74 Å². The van der Waals surface area contributed by atoms with Crippen LogP contribution in [0, 0.1) is 35.5 Å². The summed E-state index contributed by atoms with van der Waals surface area (Å²) in [5.41, 5.74) is 1.19. The van der Waals surface area contributed by atoms with Crippen molar-refractivity contribution < 1.29 is 19.1 Å². The molecule has 152 valence electrons. The third kappa shape index (κ3) is 2.93. The maximum Gasteiger partial charge on any atom is 0.312 e. The van der Waals surface area contributed by atoms with Gasteiger partial charge in [0.25, 0.3) is 0 Å². The second-order valence-corrected chi connectivity index (χ2v) is 9.98. The fourth-order valence-electron chi connectivity index (χ4n) is 5.65. The van der Waals surface area contributed by atoms with Gasteiger partial charge in [0.05, 0.1) is 18.3 Å². The molecule has 0 N–H and O–H groups in total. The number of hydrogen-bond acceptors (Lipinski definition) is 4. The Morgan fingerprint density at radius 1 is 1.00 bits per heavy atom. The van der Waals surface area contributed by atoms with Crippen LogP contribution in [0.25, 0.3) is 0 Å². The number of imide groups is 1. The van der Waals surface area contributed by atoms with Crippen molar-refractivity contribution in [2.45, 2.75) is 39.0 Å². The van der Waals surface area contributed by atoms with Crippen molar-refractivity contribution in [1.29, 1.82) is 0 Å². The Bertz CT molecular complexity index is 874. The van der Waals surface area contributed by atoms with Crippen molar-refractivity contribution >= 4 is 17.8 Å². The van der Waals surface area contributed by atoms with Crippen molar-refractivity contribution in [2.75, 3.05) is 6.54 Å². The molecule has 0 spiro atoms. The van der Waals surface area contributed by atoms with Gasteiger partial charge in [0.15, 0.2) is 0 Å². The Balaban J connectivity index is 1.20. The number of rotatable bonds is 4. The summed E-state index contributed by atoms with van der Waals surface area (Å²) in [5.74, 6) is 1.07. The van der Waals surface area contributed by atoms with Gasteiger partial charge in [-0.1, -0.05) is 45.1 Å². The first-order chi connectivity index (χ1) is 13.8. The monoisotopic (exact) mass is 393 g/mol. The molecular weight excluding hydrogens is 366 g/mol. The fourth-order valence-corrected chi connectivity index (χ4v) is 5.65. The zero-order valence-corrected chi connectivity index (χ0v) is 17.1. The quantitative estimate of drug-likeness (QED) is 0.341. The number of likely N-dealkylation sites (tertiary alicyclic amines) is 1. The molecule has 6 rings (SSSR count). The van der Waals surface area contributed by atoms with E-state index in [1.807, 2.05) is 12.1 Å². The van der Waals surface area contributed by atoms with Crippen molar-refractivity contribution in [3.05, 3.63) is 42.0 Å². The molecule has 5 aliphatic rings. The average Bonchev–Trinajstić information content (AvgIpc) is 3.45. The Morgan fingerprint density at radius 3 is 2.07 bits per heavy atom. The van der Waals surface area contributed by atoms with Gasteiger partial charge in [-0.15, -0.1) is 0 Å². The second kappa shape index (κ2) is 6.28. The predicted molar refractivity (Wildman–Crippen MR) is 107 cm³/mol. The lowest BCUT2D eigenvalue weighted by atomic mass is 9.63. The first-order valence-electron chi connectivity index (χ1n) is 10.6. The van der Waals surface area contributed by atoms with Gasteiger partial charge in [-0.3, -0.25) is 19.3 Å². The van der Waals surface area contributed by atoms with Crippen LogP contribution in [0.15, 0.2) is 36.4 Å². The van der Waals surface area contributed by atoms with Crippen LogP contribution in [0.2, 0.25) is 0 Å². The molecule has 0 unspecified atom stereocenters. The van der Waals surface area contributed by atoms with Gasteiger partial charge in [0, 0.05) is 6.54 Å². The molecule has 0 radical (unpaired) electrons. The van der Waals surface area contributed by atoms with E-state index in [0.29, 0.717) is 17.6 Å². The van der Waals surface area contributed by atoms with Crippen molar-refractivity contribution in [2.24, 2.45) is 35.5 Å². The Kier molecular flexibility index (Phi) is 4.03. The minimum absolute atomic E-state index is 0.0214. The van der Waals surface area contributed by atoms with E-state index in [1.165, 1.54) is 4.90 Å². The smallest absolute Gasteiger partial charge is 0.312 e. The van der Waals surface area contributed by atoms with Crippen LogP contribution in [0.1, 0.15) is 39.2 Å². The van der Waals surface area contributed by atoms with Crippen LogP contribution in [0.4, 0.5) is 0 Å². The molecule has 3 fully saturated rings. The van der Waals surface area contributed by atoms with E-state index in [1.54, 1.807) is 12.1 Å². The summed E-state index contributed by atoms with van der Waals surface area (Å²) >= 11 is 0. The lowest BCUT2D eigenvalue weighted by Crippen LogP contribution is -2.40. The molecule has 29 heavy (non-hydrogen) atoms. The Hall–Kier alpha value is -2.43. The number of ether oxygens (including phenoxy) is 1. The normalized spacial score (nSPS) is 34.2. The second-order valence-electron chi connectivity index (χ2n) is 9.98. The third-order valence-corrected chi connectivity index (χ3v) is 7.25. The van der Waals surface area contributed by atoms with E-state index in [0.717, 1.165) is 12.0 Å². The van der Waals surface area contributed by atoms with Crippen LogP contribution < -0.4 is 4.74 Å². The predicted octanol–water partition coefficient (Wildman–Crippen LogP) is 3.33. The Morgan fingerprint density at radius 2 is 1.55 bits per heavy atom. The highest BCUT2D eigenvalue weighted by atomic mass is 16.5. The molecule has 1 heterocycles. The molecule has 1 saturated heterocycles. The number of allylic oxidation sites excluding steroid dienone is 2. The first kappa shape index (κ1) is 18.6. The van der Waals surface area contributed by atoms with E-state index in [-0.39, 0.29) is 53.9 Å². The standard InChI is InChI=1S/C24H27NO4/c1-24(2,3)13-4-6-14(7-5-13)29-19(26)10-11-25-22(27)20-15-8-9-16(18-12-17(15)18)21(20)23(25)28/h4-9,15-18,20-21H,10-12H2,1-3H3/t15-,16+,17-,18-,20-,21+/m1/s1. The molecule has 6 atom stereocenters. The molecule has 1 aliphatic heterocycles. The Labute approximate surface area is 171 Å². The van der Waals surface area contributed by atoms with Gasteiger partial charge in [-0.2, -0.15) is 0 Å². The van der Waals surface area contributed by atoms with Crippen LogP contribution in [0.3, 0.4) is 0 Å². The number of benzene rings is 1. The average molecular weight is 393 g/mol. The van der Waals surface area contributed by atoms with Crippen molar-refractivity contribution in [3.8, 4) is 5.75 Å². The SMILES string of the molecule is CC(C)(C)c1ccc(OC(=O)CCN2C(=O)[C@@H]3[C@@H]4C=C[C@@H]([C@H]5C[C@H]45)[C@@H]3C2=O)cc1. The molecule has 1 aromatic rings. The maximum atomic E-state index is 12.9. The third-order valence-electron chi connectivity index (χ3n) is 7.25. The molecule has 4 aliphatic carbocycles. The number of nitrogens with zero attached hydrogens (tertiary/aromatic N) is 1. The summed E-state index contributed by atoms with van der Waals surface area (Å²) in [7, 11) is 0. The van der Waals surface area contributed by atoms with Gasteiger partial charge in [0.2, 0.25) is 11.8 Å². The fraction of sp³-hybridized carbons (Fsp3) is 0.542. The highest BCUT2D eigenvalue weighted by molar-refractivity contribution is 6.06. The largest absolute Gasteiger partial charge is 0.426 e. The minimum atomic E-state index is -0.423. The van der Waals surface area contributed by atoms with Gasteiger partial charge in [-0.25, -0.2) is 0 Å². The molecule has 0 aromatic heterocycles. The molecule has 5 heteroatoms. The van der Waals surface area contributed by atoms with Crippen molar-refractivity contribution in [1.82, 2.24) is 4.90 Å². The minimum Gasteiger partial charge on any atom is -0.426 e. The number of carbonyl (C=O) groups is 3. The number of hydrogen-bond donors (Lipinski definition) is 0. The number of amides is 2. The zero-order chi connectivity index (χ0) is 20.5.